The number of benzene rings is 1. The van der Waals surface area contributed by atoms with Crippen LogP contribution in [0.2, 0.25) is 4.34 Å². The van der Waals surface area contributed by atoms with Gasteiger partial charge in [-0.3, -0.25) is 9.48 Å². The predicted molar refractivity (Wildman–Crippen MR) is 133 cm³/mol. The minimum atomic E-state index is -4.66. The first-order valence-corrected chi connectivity index (χ1v) is 12.2. The Labute approximate surface area is 214 Å². The maximum atomic E-state index is 13.9. The maximum Gasteiger partial charge on any atom is 0.435 e. The van der Waals surface area contributed by atoms with E-state index in [0.717, 1.165) is 16.2 Å². The van der Waals surface area contributed by atoms with E-state index < -0.39 is 30.2 Å². The van der Waals surface area contributed by atoms with E-state index in [0.29, 0.717) is 27.6 Å². The van der Waals surface area contributed by atoms with Gasteiger partial charge in [0, 0.05) is 48.3 Å². The van der Waals surface area contributed by atoms with Crippen molar-refractivity contribution in [2.45, 2.75) is 32.1 Å². The van der Waals surface area contributed by atoms with Crippen molar-refractivity contribution in [1.82, 2.24) is 19.6 Å². The molecule has 186 valence electrons. The predicted octanol–water partition coefficient (Wildman–Crippen LogP) is 5.90. The summed E-state index contributed by atoms with van der Waals surface area (Å²) in [6.07, 6.45) is -0.317. The van der Waals surface area contributed by atoms with Crippen molar-refractivity contribution < 1.29 is 20.7 Å². The van der Waals surface area contributed by atoms with E-state index in [9.17, 15) is 18.0 Å². The highest BCUT2D eigenvalue weighted by Gasteiger charge is 2.39. The van der Waals surface area contributed by atoms with Gasteiger partial charge in [0.2, 0.25) is 5.91 Å². The summed E-state index contributed by atoms with van der Waals surface area (Å²) in [4.78, 5) is 16.4. The molecule has 0 N–H and O–H groups in total. The smallest absolute Gasteiger partial charge is 0.333 e. The Balaban J connectivity index is 1.86. The summed E-state index contributed by atoms with van der Waals surface area (Å²) in [5, 5.41) is 3.76. The van der Waals surface area contributed by atoms with Crippen LogP contribution in [0.4, 0.5) is 13.2 Å². The second-order valence-corrected chi connectivity index (χ2v) is 10.1. The van der Waals surface area contributed by atoms with Crippen molar-refractivity contribution in [2.75, 3.05) is 27.2 Å². The molecule has 0 radical (unpaired) electrons. The van der Waals surface area contributed by atoms with Crippen LogP contribution < -0.4 is 0 Å². The van der Waals surface area contributed by atoms with Crippen molar-refractivity contribution in [2.24, 2.45) is 0 Å². The molecule has 4 rings (SSSR count). The minimum absolute atomic E-state index is 0.0647. The first-order chi connectivity index (χ1) is 17.3. The van der Waals surface area contributed by atoms with Gasteiger partial charge in [0.05, 0.1) is 13.6 Å². The first-order valence-electron chi connectivity index (χ1n) is 12.0. The first kappa shape index (κ1) is 22.8. The zero-order valence-electron chi connectivity index (χ0n) is 21.4. The van der Waals surface area contributed by atoms with Gasteiger partial charge in [-0.2, -0.15) is 18.3 Å². The quantitative estimate of drug-likeness (QED) is 0.377. The number of thiophene rings is 1. The highest BCUT2D eigenvalue weighted by molar-refractivity contribution is 7.16. The SMILES string of the molecule is [2H]C1([2H])c2sc(Cl)cc2C(c2ccccc2-c2cn(CC)nc2C(F)(F)F)CN1C(=O)/C=C/CN(C)C. The van der Waals surface area contributed by atoms with Crippen molar-refractivity contribution in [3.8, 4) is 11.1 Å². The molecule has 1 atom stereocenters. The molecule has 3 heterocycles. The van der Waals surface area contributed by atoms with E-state index in [2.05, 4.69) is 5.10 Å². The van der Waals surface area contributed by atoms with Crippen molar-refractivity contribution in [3.63, 3.8) is 0 Å². The number of nitrogens with zero attached hydrogens (tertiary/aromatic N) is 4. The van der Waals surface area contributed by atoms with Gasteiger partial charge in [0.25, 0.3) is 0 Å². The van der Waals surface area contributed by atoms with Gasteiger partial charge in [0.1, 0.15) is 0 Å². The number of hydrogen-bond acceptors (Lipinski definition) is 4. The third-order valence-electron chi connectivity index (χ3n) is 5.69. The van der Waals surface area contributed by atoms with Crippen LogP contribution in [-0.2, 0) is 24.0 Å². The molecule has 2 aromatic heterocycles. The van der Waals surface area contributed by atoms with Gasteiger partial charge in [-0.25, -0.2) is 0 Å². The molecule has 1 aliphatic rings. The molecule has 3 aromatic rings. The van der Waals surface area contributed by atoms with Crippen molar-refractivity contribution in [3.05, 3.63) is 74.7 Å². The second kappa shape index (κ2) is 10.2. The summed E-state index contributed by atoms with van der Waals surface area (Å²) in [5.41, 5.74) is 0.363. The molecule has 0 saturated carbocycles. The van der Waals surface area contributed by atoms with E-state index in [-0.39, 0.29) is 23.5 Å². The van der Waals surface area contributed by atoms with Gasteiger partial charge in [-0.15, -0.1) is 11.3 Å². The fourth-order valence-electron chi connectivity index (χ4n) is 4.07. The minimum Gasteiger partial charge on any atom is -0.333 e. The highest BCUT2D eigenvalue weighted by atomic mass is 35.5. The van der Waals surface area contributed by atoms with Crippen LogP contribution in [0.1, 0.15) is 37.3 Å². The number of alkyl halides is 3. The van der Waals surface area contributed by atoms with Crippen LogP contribution >= 0.6 is 22.9 Å². The van der Waals surface area contributed by atoms with Crippen LogP contribution in [-0.4, -0.2) is 52.7 Å². The summed E-state index contributed by atoms with van der Waals surface area (Å²) in [5.74, 6) is -1.13. The lowest BCUT2D eigenvalue weighted by Crippen LogP contribution is -2.37. The summed E-state index contributed by atoms with van der Waals surface area (Å²) < 4.78 is 60.9. The lowest BCUT2D eigenvalue weighted by Gasteiger charge is -2.33. The number of hydrogen-bond donors (Lipinski definition) is 0. The number of fused-ring (bicyclic) bond motifs is 1. The topological polar surface area (TPSA) is 41.4 Å². The average Bonchev–Trinajstić information content (AvgIpc) is 3.43. The molecule has 1 aromatic carbocycles. The van der Waals surface area contributed by atoms with Crippen LogP contribution in [0.3, 0.4) is 0 Å². The molecule has 10 heteroatoms. The zero-order chi connectivity index (χ0) is 27.1. The largest absolute Gasteiger partial charge is 0.435 e. The van der Waals surface area contributed by atoms with Gasteiger partial charge in [0.15, 0.2) is 5.69 Å². The number of aryl methyl sites for hydroxylation is 1. The standard InChI is InChI=1S/C25H26ClF3N4OS/c1-4-33-14-20(24(30-33)25(27,28)29)17-9-6-5-8-16(17)19-13-32(23(34)10-7-11-31(2)3)15-21-18(19)12-22(26)35-21/h5-10,12,14,19H,4,11,13,15H2,1-3H3/b10-7+/i15D2. The van der Waals surface area contributed by atoms with Gasteiger partial charge < -0.3 is 9.80 Å². The average molecular weight is 525 g/mol. The molecule has 0 saturated heterocycles. The van der Waals surface area contributed by atoms with E-state index in [4.69, 9.17) is 14.3 Å². The van der Waals surface area contributed by atoms with Gasteiger partial charge >= 0.3 is 6.18 Å². The van der Waals surface area contributed by atoms with Gasteiger partial charge in [-0.05, 0) is 43.8 Å². The van der Waals surface area contributed by atoms with Crippen LogP contribution in [0, 0.1) is 0 Å². The van der Waals surface area contributed by atoms with E-state index in [1.807, 2.05) is 19.0 Å². The summed E-state index contributed by atoms with van der Waals surface area (Å²) in [7, 11) is 3.69. The fourth-order valence-corrected chi connectivity index (χ4v) is 5.28. The molecule has 5 nitrogen and oxygen atoms in total. The van der Waals surface area contributed by atoms with Crippen molar-refractivity contribution in [1.29, 1.82) is 0 Å². The Morgan fingerprint density at radius 3 is 2.74 bits per heavy atom. The van der Waals surface area contributed by atoms with E-state index in [1.54, 1.807) is 43.3 Å². The van der Waals surface area contributed by atoms with Crippen molar-refractivity contribution >= 4 is 28.8 Å². The Hall–Kier alpha value is -2.62. The molecule has 0 bridgehead atoms. The normalized spacial score (nSPS) is 18.6. The molecule has 35 heavy (non-hydrogen) atoms. The third-order valence-corrected chi connectivity index (χ3v) is 6.87. The highest BCUT2D eigenvalue weighted by Crippen LogP contribution is 2.45. The number of likely N-dealkylation sites (N-methyl/N-ethyl adjacent to an activating group) is 1. The molecule has 0 spiro atoms. The Bertz CT molecular complexity index is 1340. The summed E-state index contributed by atoms with van der Waals surface area (Å²) >= 11 is 7.34. The lowest BCUT2D eigenvalue weighted by atomic mass is 9.84. The number of halogens is 4. The maximum absolute atomic E-state index is 13.9. The molecule has 1 unspecified atom stereocenters. The Morgan fingerprint density at radius 1 is 1.31 bits per heavy atom. The molecule has 0 aliphatic carbocycles. The summed E-state index contributed by atoms with van der Waals surface area (Å²) in [6.45, 7) is 0.257. The number of aromatic nitrogens is 2. The molecular weight excluding hydrogens is 497 g/mol. The zero-order valence-corrected chi connectivity index (χ0v) is 21.0. The second-order valence-electron chi connectivity index (χ2n) is 8.44. The van der Waals surface area contributed by atoms with E-state index in [1.165, 1.54) is 17.0 Å². The number of carbonyl (C=O) groups is 1. The molecule has 0 fully saturated rings. The van der Waals surface area contributed by atoms with Crippen LogP contribution in [0.15, 0.2) is 48.7 Å². The van der Waals surface area contributed by atoms with E-state index >= 15 is 0 Å². The number of rotatable bonds is 6. The monoisotopic (exact) mass is 524 g/mol. The molecule has 1 amide bonds. The van der Waals surface area contributed by atoms with Crippen LogP contribution in [0.25, 0.3) is 11.1 Å². The third kappa shape index (κ3) is 5.47. The number of carbonyl (C=O) groups excluding carboxylic acids is 1. The van der Waals surface area contributed by atoms with Crippen LogP contribution in [0.5, 0.6) is 0 Å². The fraction of sp³-hybridized carbons (Fsp3) is 0.360. The number of amides is 1. The van der Waals surface area contributed by atoms with Gasteiger partial charge in [-0.1, -0.05) is 41.9 Å². The Morgan fingerprint density at radius 2 is 2.06 bits per heavy atom. The lowest BCUT2D eigenvalue weighted by molar-refractivity contribution is -0.141. The molecular formula is C25H26ClF3N4OS. The Kier molecular flexibility index (Phi) is 6.63. The molecule has 1 aliphatic heterocycles. The summed E-state index contributed by atoms with van der Waals surface area (Å²) in [6, 6.07) is 8.33.